The van der Waals surface area contributed by atoms with Crippen molar-refractivity contribution in [1.82, 2.24) is 15.6 Å². The highest BCUT2D eigenvalue weighted by Crippen LogP contribution is 2.09. The highest BCUT2D eigenvalue weighted by molar-refractivity contribution is 7.09. The largest absolute Gasteiger partial charge is 0.476 e. The van der Waals surface area contributed by atoms with Gasteiger partial charge in [-0.05, 0) is 12.8 Å². The molecule has 1 aromatic rings. The molecule has 1 atom stereocenters. The third-order valence-corrected chi connectivity index (χ3v) is 3.52. The molecule has 2 heterocycles. The van der Waals surface area contributed by atoms with Gasteiger partial charge in [0.25, 0.3) is 0 Å². The van der Waals surface area contributed by atoms with Crippen LogP contribution < -0.4 is 10.6 Å². The van der Waals surface area contributed by atoms with Gasteiger partial charge in [0.1, 0.15) is 5.01 Å². The molecule has 1 fully saturated rings. The van der Waals surface area contributed by atoms with E-state index >= 15 is 0 Å². The first-order valence-corrected chi connectivity index (χ1v) is 6.83. The molecule has 2 amide bonds. The van der Waals surface area contributed by atoms with Crippen LogP contribution in [0.4, 0.5) is 4.79 Å². The third-order valence-electron chi connectivity index (χ3n) is 2.67. The van der Waals surface area contributed by atoms with Gasteiger partial charge < -0.3 is 20.5 Å². The predicted molar refractivity (Wildman–Crippen MR) is 68.3 cm³/mol. The van der Waals surface area contributed by atoms with Crippen molar-refractivity contribution in [3.05, 3.63) is 16.1 Å². The number of aromatic nitrogens is 1. The number of amides is 2. The van der Waals surface area contributed by atoms with E-state index in [0.717, 1.165) is 19.4 Å². The standard InChI is InChI=1S/C11H15N3O4S/c15-10(16)8-6-19-9(14-8)4-12-11(17)13-7-2-1-3-18-5-7/h6-7H,1-5H2,(H,15,16)(H2,12,13,17). The van der Waals surface area contributed by atoms with E-state index in [9.17, 15) is 9.59 Å². The summed E-state index contributed by atoms with van der Waals surface area (Å²) >= 11 is 1.21. The van der Waals surface area contributed by atoms with Crippen LogP contribution in [0, 0.1) is 0 Å². The van der Waals surface area contributed by atoms with Crippen LogP contribution >= 0.6 is 11.3 Å². The Kier molecular flexibility index (Phi) is 4.69. The van der Waals surface area contributed by atoms with Crippen LogP contribution in [0.25, 0.3) is 0 Å². The van der Waals surface area contributed by atoms with Gasteiger partial charge in [0.2, 0.25) is 0 Å². The summed E-state index contributed by atoms with van der Waals surface area (Å²) in [5.41, 5.74) is 0.00267. The van der Waals surface area contributed by atoms with E-state index in [1.54, 1.807) is 0 Å². The van der Waals surface area contributed by atoms with E-state index in [-0.39, 0.29) is 24.3 Å². The number of carbonyl (C=O) groups excluding carboxylic acids is 1. The zero-order valence-electron chi connectivity index (χ0n) is 10.2. The van der Waals surface area contributed by atoms with E-state index in [0.29, 0.717) is 11.6 Å². The lowest BCUT2D eigenvalue weighted by Gasteiger charge is -2.23. The Hall–Kier alpha value is -1.67. The number of aromatic carboxylic acids is 1. The number of rotatable bonds is 4. The highest BCUT2D eigenvalue weighted by Gasteiger charge is 2.16. The molecule has 0 aromatic carbocycles. The van der Waals surface area contributed by atoms with Crippen molar-refractivity contribution in [1.29, 1.82) is 0 Å². The van der Waals surface area contributed by atoms with E-state index in [2.05, 4.69) is 15.6 Å². The van der Waals surface area contributed by atoms with Crippen LogP contribution in [-0.2, 0) is 11.3 Å². The fraction of sp³-hybridized carbons (Fsp3) is 0.545. The van der Waals surface area contributed by atoms with Crippen molar-refractivity contribution >= 4 is 23.3 Å². The van der Waals surface area contributed by atoms with Crippen LogP contribution in [0.1, 0.15) is 28.3 Å². The minimum atomic E-state index is -1.06. The maximum Gasteiger partial charge on any atom is 0.355 e. The number of thiazole rings is 1. The highest BCUT2D eigenvalue weighted by atomic mass is 32.1. The molecule has 2 rings (SSSR count). The molecule has 0 radical (unpaired) electrons. The van der Waals surface area contributed by atoms with Crippen LogP contribution in [-0.4, -0.2) is 41.3 Å². The zero-order valence-corrected chi connectivity index (χ0v) is 11.0. The smallest absolute Gasteiger partial charge is 0.355 e. The number of carboxylic acids is 1. The SMILES string of the molecule is O=C(NCc1nc(C(=O)O)cs1)NC1CCCOC1. The second-order valence-electron chi connectivity index (χ2n) is 4.17. The lowest BCUT2D eigenvalue weighted by Crippen LogP contribution is -2.45. The minimum Gasteiger partial charge on any atom is -0.476 e. The fourth-order valence-electron chi connectivity index (χ4n) is 1.74. The molecule has 1 saturated heterocycles. The summed E-state index contributed by atoms with van der Waals surface area (Å²) in [6, 6.07) is -0.248. The monoisotopic (exact) mass is 285 g/mol. The van der Waals surface area contributed by atoms with Crippen LogP contribution in [0.5, 0.6) is 0 Å². The number of ether oxygens (including phenoxy) is 1. The average Bonchev–Trinajstić information content (AvgIpc) is 2.86. The Balaban J connectivity index is 1.74. The van der Waals surface area contributed by atoms with Crippen molar-refractivity contribution in [3.63, 3.8) is 0 Å². The van der Waals surface area contributed by atoms with E-state index < -0.39 is 5.97 Å². The number of urea groups is 1. The summed E-state index contributed by atoms with van der Waals surface area (Å²) in [6.07, 6.45) is 1.85. The van der Waals surface area contributed by atoms with E-state index in [1.807, 2.05) is 0 Å². The summed E-state index contributed by atoms with van der Waals surface area (Å²) in [6.45, 7) is 1.50. The molecule has 1 aliphatic rings. The molecular formula is C11H15N3O4S. The number of hydrogen-bond donors (Lipinski definition) is 3. The van der Waals surface area contributed by atoms with Crippen molar-refractivity contribution < 1.29 is 19.4 Å². The number of nitrogens with zero attached hydrogens (tertiary/aromatic N) is 1. The molecule has 8 heteroatoms. The Labute approximate surface area is 114 Å². The lowest BCUT2D eigenvalue weighted by molar-refractivity contribution is 0.0691. The van der Waals surface area contributed by atoms with Gasteiger partial charge in [-0.1, -0.05) is 0 Å². The van der Waals surface area contributed by atoms with Gasteiger partial charge in [-0.3, -0.25) is 0 Å². The molecule has 0 spiro atoms. The third kappa shape index (κ3) is 4.18. The summed E-state index contributed by atoms with van der Waals surface area (Å²) < 4.78 is 5.26. The molecule has 0 saturated carbocycles. The van der Waals surface area contributed by atoms with Gasteiger partial charge in [-0.25, -0.2) is 14.6 Å². The summed E-state index contributed by atoms with van der Waals surface area (Å²) in [5, 5.41) is 16.2. The van der Waals surface area contributed by atoms with Crippen molar-refractivity contribution in [3.8, 4) is 0 Å². The van der Waals surface area contributed by atoms with Crippen molar-refractivity contribution in [2.24, 2.45) is 0 Å². The van der Waals surface area contributed by atoms with Crippen LogP contribution in [0.15, 0.2) is 5.38 Å². The zero-order chi connectivity index (χ0) is 13.7. The first-order valence-electron chi connectivity index (χ1n) is 5.95. The molecule has 104 valence electrons. The molecule has 1 unspecified atom stereocenters. The average molecular weight is 285 g/mol. The van der Waals surface area contributed by atoms with E-state index in [4.69, 9.17) is 9.84 Å². The fourth-order valence-corrected chi connectivity index (χ4v) is 2.44. The van der Waals surface area contributed by atoms with Gasteiger partial charge in [-0.2, -0.15) is 0 Å². The maximum absolute atomic E-state index is 11.6. The number of hydrogen-bond acceptors (Lipinski definition) is 5. The maximum atomic E-state index is 11.6. The molecule has 0 bridgehead atoms. The molecule has 1 aromatic heterocycles. The quantitative estimate of drug-likeness (QED) is 0.760. The molecule has 19 heavy (non-hydrogen) atoms. The van der Waals surface area contributed by atoms with Crippen molar-refractivity contribution in [2.45, 2.75) is 25.4 Å². The lowest BCUT2D eigenvalue weighted by atomic mass is 10.1. The second-order valence-corrected chi connectivity index (χ2v) is 5.12. The number of carbonyl (C=O) groups is 2. The Bertz CT molecular complexity index is 457. The van der Waals surface area contributed by atoms with Gasteiger partial charge in [0.05, 0.1) is 19.2 Å². The van der Waals surface area contributed by atoms with Gasteiger partial charge >= 0.3 is 12.0 Å². The molecule has 0 aliphatic carbocycles. The molecule has 7 nitrogen and oxygen atoms in total. The number of carboxylic acid groups (broad SMARTS) is 1. The first-order chi connectivity index (χ1) is 9.15. The molecule has 1 aliphatic heterocycles. The van der Waals surface area contributed by atoms with Crippen LogP contribution in [0.3, 0.4) is 0 Å². The Morgan fingerprint density at radius 1 is 1.58 bits per heavy atom. The molecular weight excluding hydrogens is 270 g/mol. The van der Waals surface area contributed by atoms with Gasteiger partial charge in [0.15, 0.2) is 5.69 Å². The van der Waals surface area contributed by atoms with Crippen molar-refractivity contribution in [2.75, 3.05) is 13.2 Å². The summed E-state index contributed by atoms with van der Waals surface area (Å²) in [4.78, 5) is 26.1. The normalized spacial score (nSPS) is 18.8. The number of nitrogens with one attached hydrogen (secondary N) is 2. The predicted octanol–water partition coefficient (Wildman–Crippen LogP) is 0.819. The molecule has 3 N–H and O–H groups in total. The van der Waals surface area contributed by atoms with E-state index in [1.165, 1.54) is 16.7 Å². The minimum absolute atomic E-state index is 0.00267. The first kappa shape index (κ1) is 13.8. The topological polar surface area (TPSA) is 101 Å². The Morgan fingerprint density at radius 2 is 2.42 bits per heavy atom. The van der Waals surface area contributed by atoms with Crippen LogP contribution in [0.2, 0.25) is 0 Å². The van der Waals surface area contributed by atoms with Gasteiger partial charge in [-0.15, -0.1) is 11.3 Å². The summed E-state index contributed by atoms with van der Waals surface area (Å²) in [7, 11) is 0. The Morgan fingerprint density at radius 3 is 3.05 bits per heavy atom. The summed E-state index contributed by atoms with van der Waals surface area (Å²) in [5.74, 6) is -1.06. The van der Waals surface area contributed by atoms with Gasteiger partial charge in [0, 0.05) is 12.0 Å². The second kappa shape index (κ2) is 6.48.